The Morgan fingerprint density at radius 1 is 0.215 bits per heavy atom. The first kappa shape index (κ1) is 132. The average Bonchev–Trinajstić information content (AvgIpc) is 0.909. The van der Waals surface area contributed by atoms with E-state index < -0.39 is 16.5 Å². The number of unbranched alkanes of at least 4 members (excludes halogenated alkanes) is 40. The van der Waals surface area contributed by atoms with Crippen LogP contribution in [-0.2, 0) is 91.3 Å². The van der Waals surface area contributed by atoms with Gasteiger partial charge in [0.1, 0.15) is 26.4 Å². The minimum absolute atomic E-state index is 0. The molecule has 21 heteroatoms. The van der Waals surface area contributed by atoms with Crippen molar-refractivity contribution in [2.45, 2.75) is 364 Å². The van der Waals surface area contributed by atoms with Crippen LogP contribution in [0.5, 0.6) is 0 Å². The van der Waals surface area contributed by atoms with E-state index >= 15 is 0 Å². The van der Waals surface area contributed by atoms with Gasteiger partial charge in [0, 0.05) is 57.0 Å². The molecule has 0 saturated heterocycles. The van der Waals surface area contributed by atoms with Gasteiger partial charge < -0.3 is 58.3 Å². The molecule has 0 aromatic rings. The molecule has 18 nitrogen and oxygen atoms in total. The van der Waals surface area contributed by atoms with Crippen molar-refractivity contribution in [1.82, 2.24) is 0 Å². The molecule has 0 spiro atoms. The molecular weight excluding hydrogens is 1640 g/mol. The Morgan fingerprint density at radius 3 is 0.430 bits per heavy atom. The molecule has 0 aliphatic rings. The molecule has 0 aliphatic heterocycles. The fourth-order valence-electron chi connectivity index (χ4n) is 12.4. The SMILES string of the molecule is C=CCOCC(CC)(CO)COCC=C.C=CCOCC(CC)(CO)COCC=C.C=CCOCC(CC)(CO)COCC=C.C=CCOCC(CC)(CO)COCC=C.CCCCCCCCCCCCCO[P+](=O)OCCCCCCCCCCCCC.CCCCCCCCCCCCCO[P+](=O)OCCCCCCCCCCCCC.[Zr]. The molecule has 0 aliphatic carbocycles. The van der Waals surface area contributed by atoms with Crippen LogP contribution in [0.25, 0.3) is 0 Å². The summed E-state index contributed by atoms with van der Waals surface area (Å²) in [4.78, 5) is 0. The molecule has 0 radical (unpaired) electrons. The van der Waals surface area contributed by atoms with Gasteiger partial charge in [-0.3, -0.25) is 0 Å². The molecule has 4 N–H and O–H groups in total. The molecule has 0 rings (SSSR count). The third-order valence-electron chi connectivity index (χ3n) is 21.3. The van der Waals surface area contributed by atoms with Gasteiger partial charge in [0.25, 0.3) is 0 Å². The van der Waals surface area contributed by atoms with Crippen molar-refractivity contribution in [2.24, 2.45) is 21.7 Å². The molecule has 0 atom stereocenters. The summed E-state index contributed by atoms with van der Waals surface area (Å²) in [5.41, 5.74) is -1.20. The first-order valence-electron chi connectivity index (χ1n) is 48.0. The maximum Gasteiger partial charge on any atom is 0.697 e. The maximum absolute atomic E-state index is 11.7. The second-order valence-corrected chi connectivity index (χ2v) is 34.3. The standard InChI is InChI=1S/2C26H54O3P.4C12H22O3.Zr/c2*1-3-5-7-9-11-13-15-17-19-21-23-25-28-30(27)29-26-24-22-20-18-16-14-12-10-8-6-4-2;4*1-4-7-14-10-12(6-3,9-13)11-15-8-5-2;/h2*3-26H2,1-2H3;4*4-5,13H,1-2,6-11H2,3H3;/q2*+1;;;;;. The smallest absolute Gasteiger partial charge is 0.396 e. The quantitative estimate of drug-likeness (QED) is 0.0252. The van der Waals surface area contributed by atoms with Crippen LogP contribution in [0.4, 0.5) is 0 Å². The second kappa shape index (κ2) is 113. The number of hydrogen-bond donors (Lipinski definition) is 4. The Labute approximate surface area is 768 Å². The van der Waals surface area contributed by atoms with E-state index in [0.29, 0.717) is 132 Å². The van der Waals surface area contributed by atoms with Crippen molar-refractivity contribution < 1.29 is 112 Å². The van der Waals surface area contributed by atoms with Crippen molar-refractivity contribution in [1.29, 1.82) is 0 Å². The van der Waals surface area contributed by atoms with Gasteiger partial charge in [-0.15, -0.1) is 70.7 Å². The number of rotatable bonds is 92. The van der Waals surface area contributed by atoms with Gasteiger partial charge in [-0.1, -0.05) is 361 Å². The van der Waals surface area contributed by atoms with Gasteiger partial charge in [-0.25, -0.2) is 0 Å². The van der Waals surface area contributed by atoms with Crippen LogP contribution < -0.4 is 0 Å². The molecule has 0 aromatic heterocycles. The first-order valence-corrected chi connectivity index (χ1v) is 50.2. The summed E-state index contributed by atoms with van der Waals surface area (Å²) in [5, 5.41) is 37.5. The van der Waals surface area contributed by atoms with E-state index in [0.717, 1.165) is 51.4 Å². The van der Waals surface area contributed by atoms with E-state index in [1.807, 2.05) is 27.7 Å². The van der Waals surface area contributed by atoms with Crippen molar-refractivity contribution in [3.8, 4) is 0 Å². The van der Waals surface area contributed by atoms with Gasteiger partial charge in [0.2, 0.25) is 0 Å². The largest absolute Gasteiger partial charge is 0.697 e. The van der Waals surface area contributed by atoms with Crippen LogP contribution in [0.15, 0.2) is 101 Å². The number of hydrogen-bond acceptors (Lipinski definition) is 18. The van der Waals surface area contributed by atoms with Gasteiger partial charge in [0.15, 0.2) is 0 Å². The summed E-state index contributed by atoms with van der Waals surface area (Å²) >= 11 is 0. The maximum atomic E-state index is 11.7. The molecule has 716 valence electrons. The second-order valence-electron chi connectivity index (χ2n) is 32.4. The van der Waals surface area contributed by atoms with E-state index in [2.05, 4.69) is 80.3 Å². The molecule has 121 heavy (non-hydrogen) atoms. The van der Waals surface area contributed by atoms with Gasteiger partial charge in [-0.2, -0.15) is 0 Å². The summed E-state index contributed by atoms with van der Waals surface area (Å²) in [6.45, 7) is 56.3. The first-order chi connectivity index (χ1) is 58.6. The fraction of sp³-hybridized carbons (Fsp3) is 0.840. The molecule has 0 aromatic carbocycles. The van der Waals surface area contributed by atoms with Crippen LogP contribution in [0.1, 0.15) is 364 Å². The van der Waals surface area contributed by atoms with E-state index in [-0.39, 0.29) is 74.3 Å². The molecule has 0 heterocycles. The average molecular weight is 1840 g/mol. The number of ether oxygens (including phenoxy) is 8. The van der Waals surface area contributed by atoms with Crippen molar-refractivity contribution in [2.75, 3.05) is 159 Å². The predicted molar refractivity (Wildman–Crippen MR) is 512 cm³/mol. The van der Waals surface area contributed by atoms with E-state index in [4.69, 9.17) is 56.0 Å². The Bertz CT molecular complexity index is 1760. The van der Waals surface area contributed by atoms with Crippen LogP contribution >= 0.6 is 16.5 Å². The van der Waals surface area contributed by atoms with Crippen LogP contribution in [0, 0.1) is 21.7 Å². The van der Waals surface area contributed by atoms with Crippen LogP contribution in [0.3, 0.4) is 0 Å². The van der Waals surface area contributed by atoms with Crippen LogP contribution in [-0.4, -0.2) is 179 Å². The summed E-state index contributed by atoms with van der Waals surface area (Å²) in [6, 6.07) is 0. The summed E-state index contributed by atoms with van der Waals surface area (Å²) < 4.78 is 87.7. The minimum atomic E-state index is -1.91. The monoisotopic (exact) mass is 1840 g/mol. The Morgan fingerprint density at radius 2 is 0.331 bits per heavy atom. The summed E-state index contributed by atoms with van der Waals surface area (Å²) in [5.74, 6) is 0. The normalized spacial score (nSPS) is 11.2. The van der Waals surface area contributed by atoms with Crippen LogP contribution in [0.2, 0.25) is 0 Å². The number of aliphatic hydroxyl groups excluding tert-OH is 4. The molecular formula is C100H196O18P2Zr+2. The van der Waals surface area contributed by atoms with E-state index in [1.54, 1.807) is 48.6 Å². The van der Waals surface area contributed by atoms with Gasteiger partial charge in [0.05, 0.1) is 132 Å². The van der Waals surface area contributed by atoms with Crippen molar-refractivity contribution >= 4 is 16.5 Å². The fourth-order valence-corrected chi connectivity index (χ4v) is 13.6. The molecule has 0 amide bonds. The van der Waals surface area contributed by atoms with Crippen molar-refractivity contribution in [3.05, 3.63) is 101 Å². The predicted octanol–water partition coefficient (Wildman–Crippen LogP) is 27.7. The molecule has 0 fully saturated rings. The Kier molecular flexibility index (Phi) is 123. The summed E-state index contributed by atoms with van der Waals surface area (Å²) in [6.07, 6.45) is 74.8. The molecule has 0 saturated carbocycles. The Balaban J connectivity index is -0.000000266. The zero-order valence-electron chi connectivity index (χ0n) is 80.1. The van der Waals surface area contributed by atoms with Gasteiger partial charge in [-0.05, 0) is 51.4 Å². The zero-order chi connectivity index (χ0) is 90.2. The minimum Gasteiger partial charge on any atom is -0.396 e. The van der Waals surface area contributed by atoms with E-state index in [1.165, 1.54) is 257 Å². The zero-order valence-corrected chi connectivity index (χ0v) is 84.3. The molecule has 0 bridgehead atoms. The van der Waals surface area contributed by atoms with E-state index in [9.17, 15) is 29.6 Å². The summed E-state index contributed by atoms with van der Waals surface area (Å²) in [7, 11) is -3.81. The molecule has 0 unspecified atom stereocenters. The Hall–Kier alpha value is -1.64. The van der Waals surface area contributed by atoms with Gasteiger partial charge >= 0.3 is 16.5 Å². The third-order valence-corrected chi connectivity index (χ3v) is 22.8. The number of aliphatic hydroxyl groups is 4. The third kappa shape index (κ3) is 100. The topological polar surface area (TPSA) is 226 Å². The van der Waals surface area contributed by atoms with Crippen molar-refractivity contribution in [3.63, 3.8) is 0 Å².